The molecule has 0 fully saturated rings. The van der Waals surface area contributed by atoms with Gasteiger partial charge in [0.15, 0.2) is 0 Å². The largest absolute Gasteiger partial charge is 1.00 e. The van der Waals surface area contributed by atoms with Gasteiger partial charge in [-0.15, -0.1) is 0 Å². The van der Waals surface area contributed by atoms with E-state index in [2.05, 4.69) is 0 Å². The summed E-state index contributed by atoms with van der Waals surface area (Å²) in [6, 6.07) is 7.15. The first-order chi connectivity index (χ1) is 5.68. The third-order valence-corrected chi connectivity index (χ3v) is 1.74. The van der Waals surface area contributed by atoms with Crippen LogP contribution in [-0.2, 0) is 11.2 Å². The van der Waals surface area contributed by atoms with Crippen molar-refractivity contribution < 1.29 is 39.5 Å². The molecule has 0 saturated heterocycles. The average molecular weight is 207 g/mol. The van der Waals surface area contributed by atoms with Crippen molar-refractivity contribution >= 4 is 17.6 Å². The second-order valence-electron chi connectivity index (χ2n) is 2.50. The van der Waals surface area contributed by atoms with Crippen LogP contribution in [-0.4, -0.2) is 5.97 Å². The van der Waals surface area contributed by atoms with Gasteiger partial charge in [-0.25, -0.2) is 0 Å². The second-order valence-corrected chi connectivity index (χ2v) is 2.94. The first-order valence-corrected chi connectivity index (χ1v) is 4.00. The van der Waals surface area contributed by atoms with Crippen molar-refractivity contribution in [3.05, 3.63) is 34.9 Å². The Balaban J connectivity index is 0.00000144. The summed E-state index contributed by atoms with van der Waals surface area (Å²) in [5, 5.41) is 10.7. The van der Waals surface area contributed by atoms with E-state index < -0.39 is 5.97 Å². The number of carbonyl (C=O) groups is 1. The first-order valence-electron chi connectivity index (χ1n) is 3.63. The van der Waals surface area contributed by atoms with Crippen molar-refractivity contribution in [3.8, 4) is 0 Å². The molecule has 0 radical (unpaired) electrons. The molecular weight excluding hydrogens is 199 g/mol. The van der Waals surface area contributed by atoms with E-state index in [-0.39, 0.29) is 36.0 Å². The van der Waals surface area contributed by atoms with E-state index in [1.807, 2.05) is 6.07 Å². The number of carboxylic acids is 1. The molecule has 0 unspecified atom stereocenters. The number of aliphatic carboxylic acids is 1. The molecule has 0 aliphatic rings. The molecule has 0 heterocycles. The summed E-state index contributed by atoms with van der Waals surface area (Å²) in [5.41, 5.74) is 0.923. The Bertz CT molecular complexity index is 289. The Labute approximate surface area is 104 Å². The first kappa shape index (κ1) is 13.0. The number of aryl methyl sites for hydroxylation is 1. The normalized spacial score (nSPS) is 9.00. The molecule has 0 aliphatic heterocycles. The van der Waals surface area contributed by atoms with E-state index in [0.29, 0.717) is 11.4 Å². The van der Waals surface area contributed by atoms with Crippen LogP contribution in [0.25, 0.3) is 0 Å². The number of carbonyl (C=O) groups excluding carboxylic acids is 1. The minimum absolute atomic E-state index is 0. The van der Waals surface area contributed by atoms with Crippen molar-refractivity contribution in [2.24, 2.45) is 0 Å². The molecule has 0 atom stereocenters. The van der Waals surface area contributed by atoms with Gasteiger partial charge in [0.2, 0.25) is 0 Å². The summed E-state index contributed by atoms with van der Waals surface area (Å²) >= 11 is 5.70. The SMILES string of the molecule is O=C([O-])CCc1cccc(Cl)c1.[Na+]. The number of benzene rings is 1. The molecule has 0 N–H and O–H groups in total. The smallest absolute Gasteiger partial charge is 0.550 e. The third-order valence-electron chi connectivity index (χ3n) is 1.51. The van der Waals surface area contributed by atoms with Crippen molar-refractivity contribution in [1.29, 1.82) is 0 Å². The van der Waals surface area contributed by atoms with E-state index >= 15 is 0 Å². The molecule has 1 rings (SSSR count). The molecule has 13 heavy (non-hydrogen) atoms. The summed E-state index contributed by atoms with van der Waals surface area (Å²) < 4.78 is 0. The summed E-state index contributed by atoms with van der Waals surface area (Å²) in [4.78, 5) is 10.1. The minimum atomic E-state index is -1.03. The van der Waals surface area contributed by atoms with Gasteiger partial charge in [0.05, 0.1) is 0 Å². The van der Waals surface area contributed by atoms with Gasteiger partial charge in [-0.05, 0) is 30.5 Å². The third kappa shape index (κ3) is 5.32. The van der Waals surface area contributed by atoms with Crippen molar-refractivity contribution in [1.82, 2.24) is 0 Å². The fourth-order valence-electron chi connectivity index (χ4n) is 0.939. The van der Waals surface area contributed by atoms with Crippen LogP contribution in [0.15, 0.2) is 24.3 Å². The fraction of sp³-hybridized carbons (Fsp3) is 0.222. The number of hydrogen-bond donors (Lipinski definition) is 0. The maximum absolute atomic E-state index is 10.1. The zero-order chi connectivity index (χ0) is 8.97. The molecule has 0 saturated carbocycles. The maximum atomic E-state index is 10.1. The molecule has 4 heteroatoms. The predicted molar refractivity (Wildman–Crippen MR) is 44.8 cm³/mol. The number of halogens is 1. The molecule has 1 aromatic rings. The van der Waals surface area contributed by atoms with E-state index in [0.717, 1.165) is 5.56 Å². The zero-order valence-corrected chi connectivity index (χ0v) is 10.2. The second kappa shape index (κ2) is 6.44. The molecule has 64 valence electrons. The zero-order valence-electron chi connectivity index (χ0n) is 7.42. The molecule has 2 nitrogen and oxygen atoms in total. The molecule has 0 aromatic heterocycles. The molecule has 1 aromatic carbocycles. The van der Waals surface area contributed by atoms with Gasteiger partial charge in [0.1, 0.15) is 0 Å². The Morgan fingerprint density at radius 1 is 1.46 bits per heavy atom. The Hall–Kier alpha value is -0.0200. The van der Waals surface area contributed by atoms with Crippen LogP contribution in [0.4, 0.5) is 0 Å². The molecule has 0 amide bonds. The van der Waals surface area contributed by atoms with Gasteiger partial charge in [-0.1, -0.05) is 23.7 Å². The number of hydrogen-bond acceptors (Lipinski definition) is 2. The molecular formula is C9H8ClNaO2. The summed E-state index contributed by atoms with van der Waals surface area (Å²) in [6.45, 7) is 0. The Morgan fingerprint density at radius 2 is 2.15 bits per heavy atom. The van der Waals surface area contributed by atoms with Crippen LogP contribution in [0.1, 0.15) is 12.0 Å². The van der Waals surface area contributed by atoms with Crippen LogP contribution < -0.4 is 34.7 Å². The standard InChI is InChI=1S/C9H9ClO2.Na/c10-8-3-1-2-7(6-8)4-5-9(11)12;/h1-3,6H,4-5H2,(H,11,12);/q;+1/p-1. The fourth-order valence-corrected chi connectivity index (χ4v) is 1.15. The van der Waals surface area contributed by atoms with E-state index in [9.17, 15) is 9.90 Å². The number of carboxylic acid groups (broad SMARTS) is 1. The Kier molecular flexibility index (Phi) is 6.43. The predicted octanol–water partition coefficient (Wildman–Crippen LogP) is -1.97. The van der Waals surface area contributed by atoms with Gasteiger partial charge in [0.25, 0.3) is 0 Å². The summed E-state index contributed by atoms with van der Waals surface area (Å²) in [7, 11) is 0. The van der Waals surface area contributed by atoms with Gasteiger partial charge in [-0.2, -0.15) is 0 Å². The van der Waals surface area contributed by atoms with Crippen LogP contribution >= 0.6 is 11.6 Å². The van der Waals surface area contributed by atoms with Crippen LogP contribution in [0, 0.1) is 0 Å². The van der Waals surface area contributed by atoms with Crippen molar-refractivity contribution in [2.75, 3.05) is 0 Å². The van der Waals surface area contributed by atoms with E-state index in [1.54, 1.807) is 18.2 Å². The average Bonchev–Trinajstić information content (AvgIpc) is 2.01. The van der Waals surface area contributed by atoms with Crippen molar-refractivity contribution in [3.63, 3.8) is 0 Å². The molecule has 0 bridgehead atoms. The van der Waals surface area contributed by atoms with Gasteiger partial charge in [-0.3, -0.25) is 0 Å². The molecule has 0 spiro atoms. The van der Waals surface area contributed by atoms with Crippen LogP contribution in [0.2, 0.25) is 5.02 Å². The van der Waals surface area contributed by atoms with Crippen molar-refractivity contribution in [2.45, 2.75) is 12.8 Å². The van der Waals surface area contributed by atoms with Gasteiger partial charge >= 0.3 is 29.6 Å². The van der Waals surface area contributed by atoms with Gasteiger partial charge < -0.3 is 9.90 Å². The number of rotatable bonds is 3. The minimum Gasteiger partial charge on any atom is -0.550 e. The van der Waals surface area contributed by atoms with E-state index in [1.165, 1.54) is 0 Å². The van der Waals surface area contributed by atoms with Crippen LogP contribution in [0.5, 0.6) is 0 Å². The summed E-state index contributed by atoms with van der Waals surface area (Å²) in [6.07, 6.45) is 0.517. The quantitative estimate of drug-likeness (QED) is 0.539. The van der Waals surface area contributed by atoms with E-state index in [4.69, 9.17) is 11.6 Å². The maximum Gasteiger partial charge on any atom is 1.00 e. The topological polar surface area (TPSA) is 40.1 Å². The van der Waals surface area contributed by atoms with Gasteiger partial charge in [0, 0.05) is 11.0 Å². The monoisotopic (exact) mass is 206 g/mol. The summed E-state index contributed by atoms with van der Waals surface area (Å²) in [5.74, 6) is -1.03. The molecule has 0 aliphatic carbocycles. The Morgan fingerprint density at radius 3 is 2.69 bits per heavy atom. The van der Waals surface area contributed by atoms with Crippen LogP contribution in [0.3, 0.4) is 0 Å².